The SMILES string of the molecule is CC(=O)OC(C)C=CC(=O)N[C@@H]1C[C@H](C)[C@H](C/C=C(C)/C=C/[C@H]2O[C@H](CC(=O)NO)C[C@@]3(CO3)[C@@H]2O)O[C@@H]1C. The van der Waals surface area contributed by atoms with E-state index in [9.17, 15) is 19.5 Å². The molecule has 3 saturated heterocycles. The average Bonchev–Trinajstić information content (AvgIpc) is 3.64. The highest BCUT2D eigenvalue weighted by Gasteiger charge is 2.58. The summed E-state index contributed by atoms with van der Waals surface area (Å²) >= 11 is 0. The van der Waals surface area contributed by atoms with Crippen molar-refractivity contribution in [2.45, 2.75) is 109 Å². The third-order valence-corrected chi connectivity index (χ3v) is 7.46. The van der Waals surface area contributed by atoms with Gasteiger partial charge in [0.15, 0.2) is 0 Å². The molecule has 3 fully saturated rings. The Balaban J connectivity index is 1.50. The van der Waals surface area contributed by atoms with Crippen LogP contribution in [0.2, 0.25) is 0 Å². The number of allylic oxidation sites excluding steroid dienone is 2. The first-order valence-corrected chi connectivity index (χ1v) is 13.5. The Morgan fingerprint density at radius 2 is 1.90 bits per heavy atom. The van der Waals surface area contributed by atoms with Gasteiger partial charge in [-0.15, -0.1) is 0 Å². The fourth-order valence-electron chi connectivity index (χ4n) is 5.14. The Morgan fingerprint density at radius 1 is 1.18 bits per heavy atom. The Kier molecular flexibility index (Phi) is 10.9. The Hall–Kier alpha value is -2.57. The molecule has 0 saturated carbocycles. The fourth-order valence-corrected chi connectivity index (χ4v) is 5.14. The van der Waals surface area contributed by atoms with E-state index in [4.69, 9.17) is 24.2 Å². The largest absolute Gasteiger partial charge is 0.459 e. The number of aliphatic hydroxyl groups is 1. The van der Waals surface area contributed by atoms with Crippen LogP contribution in [-0.4, -0.2) is 83.0 Å². The van der Waals surface area contributed by atoms with E-state index < -0.39 is 41.9 Å². The van der Waals surface area contributed by atoms with Gasteiger partial charge in [0, 0.05) is 19.4 Å². The monoisotopic (exact) mass is 550 g/mol. The van der Waals surface area contributed by atoms with Crippen molar-refractivity contribution < 1.29 is 43.6 Å². The highest BCUT2D eigenvalue weighted by molar-refractivity contribution is 5.87. The second kappa shape index (κ2) is 13.7. The summed E-state index contributed by atoms with van der Waals surface area (Å²) in [6, 6.07) is -0.134. The highest BCUT2D eigenvalue weighted by Crippen LogP contribution is 2.43. The summed E-state index contributed by atoms with van der Waals surface area (Å²) in [4.78, 5) is 34.9. The van der Waals surface area contributed by atoms with E-state index in [1.165, 1.54) is 13.0 Å². The minimum absolute atomic E-state index is 0.0166. The Morgan fingerprint density at radius 3 is 2.54 bits per heavy atom. The quantitative estimate of drug-likeness (QED) is 0.0796. The van der Waals surface area contributed by atoms with Gasteiger partial charge in [0.05, 0.1) is 37.4 Å². The van der Waals surface area contributed by atoms with Gasteiger partial charge in [-0.1, -0.05) is 30.7 Å². The molecule has 3 heterocycles. The number of hydroxylamine groups is 1. The number of hydrogen-bond donors (Lipinski definition) is 4. The molecule has 1 spiro atoms. The molecule has 0 aromatic carbocycles. The van der Waals surface area contributed by atoms with E-state index in [0.717, 1.165) is 12.0 Å². The summed E-state index contributed by atoms with van der Waals surface area (Å²) in [5.41, 5.74) is 1.89. The van der Waals surface area contributed by atoms with Crippen LogP contribution < -0.4 is 10.8 Å². The van der Waals surface area contributed by atoms with Crippen LogP contribution in [0.15, 0.2) is 36.0 Å². The van der Waals surface area contributed by atoms with Crippen molar-refractivity contribution in [2.24, 2.45) is 5.92 Å². The van der Waals surface area contributed by atoms with Gasteiger partial charge < -0.3 is 29.4 Å². The molecule has 218 valence electrons. The lowest BCUT2D eigenvalue weighted by atomic mass is 9.87. The normalized spacial score (nSPS) is 35.7. The number of nitrogens with one attached hydrogen (secondary N) is 2. The van der Waals surface area contributed by atoms with Gasteiger partial charge in [0.25, 0.3) is 0 Å². The Labute approximate surface area is 229 Å². The Bertz CT molecular complexity index is 974. The van der Waals surface area contributed by atoms with Crippen LogP contribution in [0.3, 0.4) is 0 Å². The summed E-state index contributed by atoms with van der Waals surface area (Å²) in [7, 11) is 0. The van der Waals surface area contributed by atoms with Gasteiger partial charge in [0.1, 0.15) is 23.9 Å². The summed E-state index contributed by atoms with van der Waals surface area (Å²) in [5.74, 6) is -1.00. The molecule has 1 unspecified atom stereocenters. The molecule has 39 heavy (non-hydrogen) atoms. The minimum Gasteiger partial charge on any atom is -0.459 e. The van der Waals surface area contributed by atoms with E-state index >= 15 is 0 Å². The van der Waals surface area contributed by atoms with Crippen molar-refractivity contribution in [3.63, 3.8) is 0 Å². The van der Waals surface area contributed by atoms with Gasteiger partial charge in [-0.2, -0.15) is 0 Å². The van der Waals surface area contributed by atoms with Crippen LogP contribution in [0.1, 0.15) is 60.3 Å². The van der Waals surface area contributed by atoms with Crippen molar-refractivity contribution in [3.05, 3.63) is 36.0 Å². The molecule has 11 nitrogen and oxygen atoms in total. The van der Waals surface area contributed by atoms with Crippen LogP contribution in [0.5, 0.6) is 0 Å². The first-order chi connectivity index (χ1) is 18.4. The summed E-state index contributed by atoms with van der Waals surface area (Å²) < 4.78 is 22.7. The molecule has 11 heteroatoms. The molecule has 3 rings (SSSR count). The average molecular weight is 551 g/mol. The van der Waals surface area contributed by atoms with Crippen molar-refractivity contribution in [3.8, 4) is 0 Å². The van der Waals surface area contributed by atoms with Crippen LogP contribution >= 0.6 is 0 Å². The number of hydrogen-bond acceptors (Lipinski definition) is 9. The first kappa shape index (κ1) is 31.0. The molecule has 0 bridgehead atoms. The maximum absolute atomic E-state index is 12.3. The van der Waals surface area contributed by atoms with Crippen molar-refractivity contribution >= 4 is 17.8 Å². The van der Waals surface area contributed by atoms with E-state index in [1.807, 2.05) is 19.9 Å². The maximum atomic E-state index is 12.3. The molecular formula is C28H42N2O9. The van der Waals surface area contributed by atoms with Crippen LogP contribution in [0.25, 0.3) is 0 Å². The standard InChI is InChI=1S/C28H42N2O9/c1-16(7-10-24-27(34)28(15-36-28)14-21(39-24)13-26(33)30-35)6-9-23-17(2)12-22(19(4)38-23)29-25(32)11-8-18(3)37-20(5)31/h6-8,10-11,17-19,21-24,27,34-35H,9,12-15H2,1-5H3,(H,29,32)(H,30,33)/b10-7+,11-8?,16-6+/t17-,18?,19+,21+,22+,23-,24+,27+,28+/m0/s1. The number of esters is 1. The minimum atomic E-state index is -0.843. The predicted octanol–water partition coefficient (Wildman–Crippen LogP) is 1.87. The number of carbonyl (C=O) groups is 3. The number of ether oxygens (including phenoxy) is 4. The van der Waals surface area contributed by atoms with Gasteiger partial charge >= 0.3 is 5.97 Å². The number of carbonyl (C=O) groups excluding carboxylic acids is 3. The second-order valence-corrected chi connectivity index (χ2v) is 10.9. The fraction of sp³-hybridized carbons (Fsp3) is 0.679. The van der Waals surface area contributed by atoms with E-state index in [1.54, 1.807) is 24.6 Å². The number of aliphatic hydroxyl groups excluding tert-OH is 1. The molecule has 2 amide bonds. The van der Waals surface area contributed by atoms with Crippen LogP contribution in [0.4, 0.5) is 0 Å². The number of rotatable bonds is 10. The summed E-state index contributed by atoms with van der Waals surface area (Å²) in [6.45, 7) is 9.41. The zero-order valence-electron chi connectivity index (χ0n) is 23.3. The molecule has 0 radical (unpaired) electrons. The highest BCUT2D eigenvalue weighted by atomic mass is 16.6. The lowest BCUT2D eigenvalue weighted by Gasteiger charge is -2.39. The third kappa shape index (κ3) is 8.97. The van der Waals surface area contributed by atoms with Gasteiger partial charge in [-0.3, -0.25) is 19.6 Å². The van der Waals surface area contributed by atoms with E-state index in [-0.39, 0.29) is 36.5 Å². The predicted molar refractivity (Wildman–Crippen MR) is 140 cm³/mol. The van der Waals surface area contributed by atoms with Crippen LogP contribution in [0, 0.1) is 5.92 Å². The third-order valence-electron chi connectivity index (χ3n) is 7.46. The smallest absolute Gasteiger partial charge is 0.303 e. The summed E-state index contributed by atoms with van der Waals surface area (Å²) in [5, 5.41) is 22.5. The van der Waals surface area contributed by atoms with Crippen molar-refractivity contribution in [1.29, 1.82) is 0 Å². The number of amides is 2. The van der Waals surface area contributed by atoms with E-state index in [2.05, 4.69) is 18.3 Å². The molecule has 0 aromatic heterocycles. The lowest BCUT2D eigenvalue weighted by Crippen LogP contribution is -2.50. The second-order valence-electron chi connectivity index (χ2n) is 10.9. The molecule has 0 aliphatic carbocycles. The zero-order chi connectivity index (χ0) is 28.7. The van der Waals surface area contributed by atoms with Gasteiger partial charge in [0.2, 0.25) is 11.8 Å². The zero-order valence-corrected chi connectivity index (χ0v) is 23.3. The van der Waals surface area contributed by atoms with Gasteiger partial charge in [-0.05, 0) is 45.6 Å². The number of epoxide rings is 1. The lowest BCUT2D eigenvalue weighted by molar-refractivity contribution is -0.149. The van der Waals surface area contributed by atoms with Crippen molar-refractivity contribution in [2.75, 3.05) is 6.61 Å². The molecule has 9 atom stereocenters. The molecule has 0 aromatic rings. The first-order valence-electron chi connectivity index (χ1n) is 13.5. The summed E-state index contributed by atoms with van der Waals surface area (Å²) in [6.07, 6.45) is 7.83. The molecule has 4 N–H and O–H groups in total. The van der Waals surface area contributed by atoms with Gasteiger partial charge in [-0.25, -0.2) is 5.48 Å². The maximum Gasteiger partial charge on any atom is 0.303 e. The molecular weight excluding hydrogens is 508 g/mol. The van der Waals surface area contributed by atoms with Crippen LogP contribution in [-0.2, 0) is 33.3 Å². The topological polar surface area (TPSA) is 156 Å². The van der Waals surface area contributed by atoms with Crippen molar-refractivity contribution in [1.82, 2.24) is 10.8 Å². The van der Waals surface area contributed by atoms with E-state index in [0.29, 0.717) is 19.4 Å². The molecule has 3 aliphatic heterocycles. The molecule has 3 aliphatic rings.